The van der Waals surface area contributed by atoms with E-state index < -0.39 is 11.9 Å². The van der Waals surface area contributed by atoms with Crippen LogP contribution in [0.5, 0.6) is 11.5 Å². The Morgan fingerprint density at radius 1 is 0.960 bits per heavy atom. The van der Waals surface area contributed by atoms with Crippen molar-refractivity contribution in [3.63, 3.8) is 0 Å². The maximum Gasteiger partial charge on any atom is 0.421 e. The Bertz CT molecular complexity index is 1860. The van der Waals surface area contributed by atoms with Crippen LogP contribution in [0.25, 0.3) is 0 Å². The number of halogens is 1. The molecular formula is C38H43FN8O3. The van der Waals surface area contributed by atoms with Crippen molar-refractivity contribution in [1.82, 2.24) is 29.6 Å². The van der Waals surface area contributed by atoms with Crippen LogP contribution in [0.3, 0.4) is 0 Å². The Morgan fingerprint density at radius 3 is 2.44 bits per heavy atom. The van der Waals surface area contributed by atoms with Crippen molar-refractivity contribution in [2.75, 3.05) is 36.5 Å². The second kappa shape index (κ2) is 16.4. The van der Waals surface area contributed by atoms with Crippen molar-refractivity contribution in [3.05, 3.63) is 113 Å². The van der Waals surface area contributed by atoms with E-state index in [0.717, 1.165) is 53.9 Å². The van der Waals surface area contributed by atoms with Gasteiger partial charge in [-0.05, 0) is 93.6 Å². The molecule has 0 atom stereocenters. The summed E-state index contributed by atoms with van der Waals surface area (Å²) >= 11 is 0. The highest BCUT2D eigenvalue weighted by molar-refractivity contribution is 5.88. The molecule has 1 amide bonds. The summed E-state index contributed by atoms with van der Waals surface area (Å²) in [5.74, 6) is 0.735. The highest BCUT2D eigenvalue weighted by Crippen LogP contribution is 2.28. The lowest BCUT2D eigenvalue weighted by molar-refractivity contribution is 0.203. The predicted octanol–water partition coefficient (Wildman–Crippen LogP) is 7.38. The number of anilines is 3. The summed E-state index contributed by atoms with van der Waals surface area (Å²) in [5.41, 5.74) is 5.14. The second-order valence-corrected chi connectivity index (χ2v) is 12.7. The third kappa shape index (κ3) is 9.20. The molecule has 1 N–H and O–H groups in total. The van der Waals surface area contributed by atoms with E-state index in [9.17, 15) is 4.79 Å². The fourth-order valence-electron chi connectivity index (χ4n) is 6.18. The van der Waals surface area contributed by atoms with Gasteiger partial charge >= 0.3 is 6.09 Å². The van der Waals surface area contributed by atoms with Crippen molar-refractivity contribution in [3.8, 4) is 11.5 Å². The Kier molecular flexibility index (Phi) is 11.3. The van der Waals surface area contributed by atoms with Crippen LogP contribution >= 0.6 is 0 Å². The molecule has 0 saturated carbocycles. The largest absolute Gasteiger partial charge is 0.490 e. The molecule has 0 spiro atoms. The van der Waals surface area contributed by atoms with Gasteiger partial charge in [0.15, 0.2) is 11.6 Å². The van der Waals surface area contributed by atoms with Gasteiger partial charge in [0, 0.05) is 24.5 Å². The number of likely N-dealkylation sites (tertiary alicyclic amines) is 1. The molecule has 11 nitrogen and oxygen atoms in total. The first-order valence-electron chi connectivity index (χ1n) is 17.0. The van der Waals surface area contributed by atoms with E-state index in [1.807, 2.05) is 57.2 Å². The summed E-state index contributed by atoms with van der Waals surface area (Å²) in [5, 5.41) is 7.24. The predicted molar refractivity (Wildman–Crippen MR) is 191 cm³/mol. The molecule has 0 bridgehead atoms. The summed E-state index contributed by atoms with van der Waals surface area (Å²) in [7, 11) is 0. The number of ether oxygens (including phenoxy) is 2. The van der Waals surface area contributed by atoms with Crippen LogP contribution in [0.1, 0.15) is 53.5 Å². The Morgan fingerprint density at radius 2 is 1.72 bits per heavy atom. The number of nitrogens with one attached hydrogen (secondary N) is 1. The molecule has 1 fully saturated rings. The summed E-state index contributed by atoms with van der Waals surface area (Å²) < 4.78 is 28.5. The Labute approximate surface area is 292 Å². The number of amides is 1. The average Bonchev–Trinajstić information content (AvgIpc) is 3.62. The molecule has 3 heterocycles. The van der Waals surface area contributed by atoms with Gasteiger partial charge in [0.25, 0.3) is 0 Å². The van der Waals surface area contributed by atoms with E-state index in [-0.39, 0.29) is 18.2 Å². The first-order chi connectivity index (χ1) is 24.3. The number of carbonyl (C=O) groups excluding carboxylic acids is 1. The highest BCUT2D eigenvalue weighted by Gasteiger charge is 2.23. The summed E-state index contributed by atoms with van der Waals surface area (Å²) in [6, 6.07) is 18.1. The third-order valence-corrected chi connectivity index (χ3v) is 8.62. The highest BCUT2D eigenvalue weighted by atomic mass is 19.1. The van der Waals surface area contributed by atoms with Crippen molar-refractivity contribution in [2.24, 2.45) is 0 Å². The van der Waals surface area contributed by atoms with E-state index in [0.29, 0.717) is 30.4 Å². The molecule has 1 saturated heterocycles. The molecular weight excluding hydrogens is 635 g/mol. The first kappa shape index (κ1) is 34.5. The zero-order chi connectivity index (χ0) is 34.9. The minimum atomic E-state index is -0.593. The van der Waals surface area contributed by atoms with Gasteiger partial charge in [-0.3, -0.25) is 4.90 Å². The number of carbonyl (C=O) groups is 1. The zero-order valence-electron chi connectivity index (χ0n) is 28.8. The smallest absolute Gasteiger partial charge is 0.421 e. The minimum Gasteiger partial charge on any atom is -0.490 e. The number of hydrogen-bond donors (Lipinski definition) is 1. The number of piperidine rings is 1. The lowest BCUT2D eigenvalue weighted by Gasteiger charge is -2.26. The Hall–Kier alpha value is -5.36. The zero-order valence-corrected chi connectivity index (χ0v) is 28.8. The SMILES string of the molecule is Cc1cc(C)c(OC(=O)N(Cc2ccc(Cn3cncn3)cc2)c2ccnc(Nc3ccc(OCCCN4CCCCC4)c(F)c3)n2)c(C)c1. The van der Waals surface area contributed by atoms with Gasteiger partial charge in [-0.1, -0.05) is 48.4 Å². The van der Waals surface area contributed by atoms with E-state index >= 15 is 4.39 Å². The first-order valence-corrected chi connectivity index (χ1v) is 17.0. The topological polar surface area (TPSA) is 111 Å². The molecule has 1 aliphatic rings. The number of rotatable bonds is 13. The molecule has 12 heteroatoms. The number of aryl methyl sites for hydroxylation is 3. The molecule has 0 unspecified atom stereocenters. The van der Waals surface area contributed by atoms with Gasteiger partial charge in [0.1, 0.15) is 24.2 Å². The molecule has 6 rings (SSSR count). The molecule has 2 aromatic heterocycles. The number of nitrogens with zero attached hydrogens (tertiary/aromatic N) is 7. The van der Waals surface area contributed by atoms with E-state index in [2.05, 4.69) is 30.3 Å². The number of benzene rings is 3. The van der Waals surface area contributed by atoms with E-state index in [4.69, 9.17) is 9.47 Å². The average molecular weight is 679 g/mol. The van der Waals surface area contributed by atoms with Crippen molar-refractivity contribution >= 4 is 23.5 Å². The van der Waals surface area contributed by atoms with Gasteiger partial charge < -0.3 is 19.7 Å². The Balaban J connectivity index is 1.16. The van der Waals surface area contributed by atoms with Crippen LogP contribution in [0.15, 0.2) is 79.5 Å². The lowest BCUT2D eigenvalue weighted by Crippen LogP contribution is -2.34. The van der Waals surface area contributed by atoms with Crippen LogP contribution in [0.2, 0.25) is 0 Å². The van der Waals surface area contributed by atoms with E-state index in [1.54, 1.807) is 35.4 Å². The molecule has 1 aliphatic heterocycles. The molecule has 5 aromatic rings. The minimum absolute atomic E-state index is 0.182. The van der Waals surface area contributed by atoms with Crippen molar-refractivity contribution in [2.45, 2.75) is 59.5 Å². The molecule has 0 radical (unpaired) electrons. The fourth-order valence-corrected chi connectivity index (χ4v) is 6.18. The van der Waals surface area contributed by atoms with Gasteiger partial charge in [0.2, 0.25) is 5.95 Å². The molecule has 260 valence electrons. The maximum absolute atomic E-state index is 15.0. The number of hydrogen-bond acceptors (Lipinski definition) is 9. The normalized spacial score (nSPS) is 13.2. The van der Waals surface area contributed by atoms with Crippen LogP contribution in [0, 0.1) is 26.6 Å². The van der Waals surface area contributed by atoms with Gasteiger partial charge in [-0.2, -0.15) is 10.1 Å². The van der Waals surface area contributed by atoms with Gasteiger partial charge in [0.05, 0.1) is 19.7 Å². The van der Waals surface area contributed by atoms with E-state index in [1.165, 1.54) is 36.6 Å². The quantitative estimate of drug-likeness (QED) is 0.128. The summed E-state index contributed by atoms with van der Waals surface area (Å²) in [6.45, 7) is 10.2. The van der Waals surface area contributed by atoms with Crippen LogP contribution < -0.4 is 19.7 Å². The second-order valence-electron chi connectivity index (χ2n) is 12.7. The van der Waals surface area contributed by atoms with Crippen LogP contribution in [-0.2, 0) is 13.1 Å². The summed E-state index contributed by atoms with van der Waals surface area (Å²) in [4.78, 5) is 30.7. The molecule has 50 heavy (non-hydrogen) atoms. The molecule has 3 aromatic carbocycles. The fraction of sp³-hybridized carbons (Fsp3) is 0.342. The molecule has 0 aliphatic carbocycles. The van der Waals surface area contributed by atoms with Crippen molar-refractivity contribution in [1.29, 1.82) is 0 Å². The lowest BCUT2D eigenvalue weighted by atomic mass is 10.1. The monoisotopic (exact) mass is 678 g/mol. The third-order valence-electron chi connectivity index (χ3n) is 8.62. The van der Waals surface area contributed by atoms with Gasteiger partial charge in [-0.25, -0.2) is 23.8 Å². The maximum atomic E-state index is 15.0. The van der Waals surface area contributed by atoms with Crippen LogP contribution in [-0.4, -0.2) is 62.0 Å². The number of aromatic nitrogens is 5. The standard InChI is InChI=1S/C38H43FN8O3/c1-27-20-28(2)36(29(3)21-27)50-38(48)47(24-31-10-8-30(9-11-31)23-46-26-40-25-42-46)35-14-15-41-37(44-35)43-32-12-13-34(33(39)22-32)49-19-7-18-45-16-5-4-6-17-45/h8-15,20-22,25-26H,4-7,16-19,23-24H2,1-3H3,(H,41,43,44). The van der Waals surface area contributed by atoms with Crippen LogP contribution in [0.4, 0.5) is 26.6 Å². The summed E-state index contributed by atoms with van der Waals surface area (Å²) in [6.07, 6.45) is 8.74. The van der Waals surface area contributed by atoms with Crippen molar-refractivity contribution < 1.29 is 18.7 Å². The van der Waals surface area contributed by atoms with Gasteiger partial charge in [-0.15, -0.1) is 0 Å².